The van der Waals surface area contributed by atoms with Crippen molar-refractivity contribution < 1.29 is 19.6 Å². The Balaban J connectivity index is 1.94. The number of carbonyl (C=O) groups excluding carboxylic acids is 2. The summed E-state index contributed by atoms with van der Waals surface area (Å²) in [6, 6.07) is 7.31. The van der Waals surface area contributed by atoms with E-state index in [0.717, 1.165) is 38.3 Å². The van der Waals surface area contributed by atoms with Crippen molar-refractivity contribution in [2.24, 2.45) is 0 Å². The second kappa shape index (κ2) is 7.19. The molecule has 2 N–H and O–H groups in total. The Morgan fingerprint density at radius 2 is 2.05 bits per heavy atom. The molecule has 6 nitrogen and oxygen atoms in total. The third-order valence-electron chi connectivity index (χ3n) is 3.70. The molecule has 0 saturated carbocycles. The van der Waals surface area contributed by atoms with E-state index >= 15 is 0 Å². The molecule has 0 spiro atoms. The van der Waals surface area contributed by atoms with Crippen LogP contribution in [-0.4, -0.2) is 56.5 Å². The number of piperazine rings is 1. The van der Waals surface area contributed by atoms with Gasteiger partial charge in [-0.2, -0.15) is 0 Å². The van der Waals surface area contributed by atoms with Gasteiger partial charge in [0, 0.05) is 25.2 Å². The summed E-state index contributed by atoms with van der Waals surface area (Å²) < 4.78 is 0. The minimum atomic E-state index is -1.29. The Morgan fingerprint density at radius 3 is 2.71 bits per heavy atom. The number of benzene rings is 1. The molecule has 1 heterocycles. The topological polar surface area (TPSA) is 76.9 Å². The summed E-state index contributed by atoms with van der Waals surface area (Å²) >= 11 is 0. The van der Waals surface area contributed by atoms with E-state index in [4.69, 9.17) is 0 Å². The van der Waals surface area contributed by atoms with E-state index in [1.54, 1.807) is 11.0 Å². The number of rotatable bonds is 5. The van der Waals surface area contributed by atoms with Crippen LogP contribution in [0.15, 0.2) is 24.3 Å². The predicted octanol–water partition coefficient (Wildman–Crippen LogP) is -2.50. The van der Waals surface area contributed by atoms with Gasteiger partial charge in [-0.1, -0.05) is 12.1 Å². The van der Waals surface area contributed by atoms with Crippen LogP contribution in [0.3, 0.4) is 0 Å². The predicted molar refractivity (Wildman–Crippen MR) is 75.7 cm³/mol. The van der Waals surface area contributed by atoms with Crippen molar-refractivity contribution >= 4 is 11.9 Å². The Morgan fingerprint density at radius 1 is 1.33 bits per heavy atom. The zero-order chi connectivity index (χ0) is 15.2. The van der Waals surface area contributed by atoms with Crippen molar-refractivity contribution in [1.29, 1.82) is 0 Å². The van der Waals surface area contributed by atoms with E-state index in [0.29, 0.717) is 5.56 Å². The van der Waals surface area contributed by atoms with Crippen molar-refractivity contribution in [2.45, 2.75) is 6.54 Å². The zero-order valence-corrected chi connectivity index (χ0v) is 12.2. The van der Waals surface area contributed by atoms with Crippen molar-refractivity contribution in [3.05, 3.63) is 35.4 Å². The lowest BCUT2D eigenvalue weighted by atomic mass is 10.1. The first-order chi connectivity index (χ1) is 10.0. The molecule has 1 aromatic carbocycles. The van der Waals surface area contributed by atoms with Gasteiger partial charge in [-0.15, -0.1) is 0 Å². The summed E-state index contributed by atoms with van der Waals surface area (Å²) in [5.74, 6) is -1.68. The smallest absolute Gasteiger partial charge is 0.251 e. The van der Waals surface area contributed by atoms with E-state index in [1.165, 1.54) is 0 Å². The average Bonchev–Trinajstić information content (AvgIpc) is 2.47. The highest BCUT2D eigenvalue weighted by atomic mass is 16.4. The molecule has 21 heavy (non-hydrogen) atoms. The number of hydrogen-bond acceptors (Lipinski definition) is 4. The number of likely N-dealkylation sites (N-methyl/N-ethyl adjacent to an activating group) is 1. The number of nitrogens with zero attached hydrogens (tertiary/aromatic N) is 1. The molecule has 1 saturated heterocycles. The molecule has 0 atom stereocenters. The first kappa shape index (κ1) is 15.5. The molecule has 0 aliphatic carbocycles. The van der Waals surface area contributed by atoms with E-state index in [2.05, 4.69) is 17.3 Å². The van der Waals surface area contributed by atoms with Crippen molar-refractivity contribution in [2.75, 3.05) is 39.8 Å². The van der Waals surface area contributed by atoms with Crippen molar-refractivity contribution in [3.63, 3.8) is 0 Å². The van der Waals surface area contributed by atoms with Gasteiger partial charge in [-0.3, -0.25) is 9.69 Å². The second-order valence-corrected chi connectivity index (χ2v) is 5.49. The molecule has 0 aromatic heterocycles. The number of carbonyl (C=O) groups is 2. The fourth-order valence-corrected chi connectivity index (χ4v) is 2.42. The van der Waals surface area contributed by atoms with Gasteiger partial charge in [0.2, 0.25) is 0 Å². The lowest BCUT2D eigenvalue weighted by Crippen LogP contribution is -3.11. The van der Waals surface area contributed by atoms with Gasteiger partial charge in [0.25, 0.3) is 5.91 Å². The molecule has 0 radical (unpaired) electrons. The molecule has 1 fully saturated rings. The average molecular weight is 291 g/mol. The molecule has 0 bridgehead atoms. The highest BCUT2D eigenvalue weighted by Crippen LogP contribution is 2.08. The van der Waals surface area contributed by atoms with Crippen molar-refractivity contribution in [3.8, 4) is 0 Å². The molecule has 0 unspecified atom stereocenters. The lowest BCUT2D eigenvalue weighted by Gasteiger charge is -2.30. The van der Waals surface area contributed by atoms with Crippen LogP contribution in [0.5, 0.6) is 0 Å². The summed E-state index contributed by atoms with van der Waals surface area (Å²) in [5.41, 5.74) is 1.55. The van der Waals surface area contributed by atoms with Gasteiger partial charge in [-0.25, -0.2) is 0 Å². The monoisotopic (exact) mass is 291 g/mol. The molecule has 2 rings (SSSR count). The van der Waals surface area contributed by atoms with Crippen LogP contribution < -0.4 is 15.3 Å². The first-order valence-corrected chi connectivity index (χ1v) is 7.15. The summed E-state index contributed by atoms with van der Waals surface area (Å²) in [4.78, 5) is 26.1. The number of amides is 1. The summed E-state index contributed by atoms with van der Waals surface area (Å²) in [7, 11) is 2.19. The fraction of sp³-hybridized carbons (Fsp3) is 0.467. The van der Waals surface area contributed by atoms with E-state index in [1.807, 2.05) is 18.2 Å². The maximum Gasteiger partial charge on any atom is 0.251 e. The normalized spacial score (nSPS) is 16.6. The minimum absolute atomic E-state index is 0.385. The third-order valence-corrected chi connectivity index (χ3v) is 3.70. The molecule has 1 aliphatic rings. The van der Waals surface area contributed by atoms with Crippen LogP contribution in [0.25, 0.3) is 0 Å². The zero-order valence-electron chi connectivity index (χ0n) is 12.2. The Kier molecular flexibility index (Phi) is 5.30. The van der Waals surface area contributed by atoms with E-state index in [9.17, 15) is 14.7 Å². The quantitative estimate of drug-likeness (QED) is 0.629. The molecule has 1 amide bonds. The fourth-order valence-electron chi connectivity index (χ4n) is 2.42. The lowest BCUT2D eigenvalue weighted by molar-refractivity contribution is -0.884. The highest BCUT2D eigenvalue weighted by molar-refractivity contribution is 5.95. The molecular weight excluding hydrogens is 270 g/mol. The summed E-state index contributed by atoms with van der Waals surface area (Å²) in [6.45, 7) is 4.71. The highest BCUT2D eigenvalue weighted by Gasteiger charge is 2.16. The van der Waals surface area contributed by atoms with Crippen LogP contribution in [0, 0.1) is 0 Å². The number of hydrogen-bond donors (Lipinski definition) is 2. The van der Waals surface area contributed by atoms with Gasteiger partial charge in [0.05, 0.1) is 32.7 Å². The largest absolute Gasteiger partial charge is 0.548 e. The van der Waals surface area contributed by atoms with Gasteiger partial charge in [-0.05, 0) is 17.7 Å². The van der Waals surface area contributed by atoms with Crippen LogP contribution in [0.2, 0.25) is 0 Å². The summed E-state index contributed by atoms with van der Waals surface area (Å²) in [5, 5.41) is 12.7. The van der Waals surface area contributed by atoms with Crippen LogP contribution in [0.4, 0.5) is 0 Å². The molecule has 1 aliphatic heterocycles. The number of nitrogens with one attached hydrogen (secondary N) is 2. The maximum absolute atomic E-state index is 11.8. The first-order valence-electron chi connectivity index (χ1n) is 7.15. The molecule has 1 aromatic rings. The number of carboxylic acid groups (broad SMARTS) is 1. The van der Waals surface area contributed by atoms with E-state index in [-0.39, 0.29) is 5.91 Å². The van der Waals surface area contributed by atoms with Gasteiger partial charge >= 0.3 is 0 Å². The minimum Gasteiger partial charge on any atom is -0.548 e. The third kappa shape index (κ3) is 4.84. The van der Waals surface area contributed by atoms with Gasteiger partial charge < -0.3 is 20.1 Å². The number of aliphatic carboxylic acids is 1. The Bertz CT molecular complexity index is 511. The number of quaternary nitrogens is 1. The number of carboxylic acids is 1. The van der Waals surface area contributed by atoms with Gasteiger partial charge in [0.15, 0.2) is 0 Å². The standard InChI is InChI=1S/C15H21N3O3/c1-17-5-7-18(8-6-17)11-12-3-2-4-13(9-12)15(21)16-10-14(19)20/h2-4,9H,5-8,10-11H2,1H3,(H,16,21)(H,19,20). The Labute approximate surface area is 124 Å². The Hall–Kier alpha value is -1.92. The molecule has 114 valence electrons. The molecular formula is C15H21N3O3. The second-order valence-electron chi connectivity index (χ2n) is 5.49. The van der Waals surface area contributed by atoms with Crippen molar-refractivity contribution in [1.82, 2.24) is 10.2 Å². The van der Waals surface area contributed by atoms with Crippen LogP contribution in [0.1, 0.15) is 15.9 Å². The SMILES string of the molecule is C[NH+]1CCN(Cc2cccc(C(=O)NCC(=O)[O-])c2)CC1. The molecule has 6 heteroatoms. The van der Waals surface area contributed by atoms with Gasteiger partial charge in [0.1, 0.15) is 0 Å². The maximum atomic E-state index is 11.8. The van der Waals surface area contributed by atoms with Crippen LogP contribution >= 0.6 is 0 Å². The summed E-state index contributed by atoms with van der Waals surface area (Å²) in [6.07, 6.45) is 0. The van der Waals surface area contributed by atoms with E-state index < -0.39 is 12.5 Å². The van der Waals surface area contributed by atoms with Crippen LogP contribution in [-0.2, 0) is 11.3 Å².